The van der Waals surface area contributed by atoms with Crippen molar-refractivity contribution in [1.82, 2.24) is 10.2 Å². The summed E-state index contributed by atoms with van der Waals surface area (Å²) in [6, 6.07) is 0.519. The van der Waals surface area contributed by atoms with E-state index in [0.717, 1.165) is 26.2 Å². The molecule has 0 heterocycles. The number of aliphatic hydroxyl groups excluding tert-OH is 1. The Kier molecular flexibility index (Phi) is 9.06. The molecule has 0 aromatic rings. The Morgan fingerprint density at radius 1 is 1.27 bits per heavy atom. The topological polar surface area (TPSA) is 35.5 Å². The van der Waals surface area contributed by atoms with Crippen LogP contribution in [-0.4, -0.2) is 48.8 Å². The largest absolute Gasteiger partial charge is 0.395 e. The molecular formula is C12H28N2O. The van der Waals surface area contributed by atoms with Crippen molar-refractivity contribution < 1.29 is 5.11 Å². The lowest BCUT2D eigenvalue weighted by Gasteiger charge is -2.28. The Labute approximate surface area is 94.9 Å². The van der Waals surface area contributed by atoms with E-state index in [1.165, 1.54) is 6.42 Å². The highest BCUT2D eigenvalue weighted by atomic mass is 16.3. The molecule has 0 spiro atoms. The Balaban J connectivity index is 3.73. The van der Waals surface area contributed by atoms with E-state index in [1.54, 1.807) is 0 Å². The fraction of sp³-hybridized carbons (Fsp3) is 1.00. The van der Waals surface area contributed by atoms with Gasteiger partial charge in [-0.1, -0.05) is 13.8 Å². The van der Waals surface area contributed by atoms with Crippen molar-refractivity contribution in [2.45, 2.75) is 40.2 Å². The Hall–Kier alpha value is -0.120. The van der Waals surface area contributed by atoms with Gasteiger partial charge in [-0.15, -0.1) is 0 Å². The fourth-order valence-electron chi connectivity index (χ4n) is 1.68. The molecule has 0 radical (unpaired) electrons. The molecule has 1 atom stereocenters. The third kappa shape index (κ3) is 7.77. The Bertz CT molecular complexity index is 140. The molecule has 0 aliphatic heterocycles. The zero-order chi connectivity index (χ0) is 11.7. The molecule has 0 fully saturated rings. The molecule has 0 bridgehead atoms. The van der Waals surface area contributed by atoms with Crippen LogP contribution in [0.15, 0.2) is 0 Å². The number of aliphatic hydroxyl groups is 1. The van der Waals surface area contributed by atoms with E-state index in [0.29, 0.717) is 12.0 Å². The lowest BCUT2D eigenvalue weighted by Crippen LogP contribution is -2.39. The van der Waals surface area contributed by atoms with Gasteiger partial charge in [0.2, 0.25) is 0 Å². The highest BCUT2D eigenvalue weighted by Crippen LogP contribution is 2.03. The standard InChI is InChI=1S/C12H28N2O/c1-5-6-13-9-12(4)10-14(7-8-15)11(2)3/h11-13,15H,5-10H2,1-4H3. The summed E-state index contributed by atoms with van der Waals surface area (Å²) in [5.74, 6) is 0.644. The minimum Gasteiger partial charge on any atom is -0.395 e. The summed E-state index contributed by atoms with van der Waals surface area (Å²) in [6.07, 6.45) is 1.19. The molecule has 0 amide bonds. The average Bonchev–Trinajstić information content (AvgIpc) is 2.17. The molecule has 3 heteroatoms. The van der Waals surface area contributed by atoms with Gasteiger partial charge in [-0.2, -0.15) is 0 Å². The lowest BCUT2D eigenvalue weighted by atomic mass is 10.1. The quantitative estimate of drug-likeness (QED) is 0.571. The van der Waals surface area contributed by atoms with E-state index in [4.69, 9.17) is 5.11 Å². The summed E-state index contributed by atoms with van der Waals surface area (Å²) in [5, 5.41) is 12.4. The van der Waals surface area contributed by atoms with Gasteiger partial charge in [0.05, 0.1) is 6.61 Å². The van der Waals surface area contributed by atoms with Gasteiger partial charge in [-0.3, -0.25) is 4.90 Å². The first-order valence-corrected chi connectivity index (χ1v) is 6.17. The summed E-state index contributed by atoms with van der Waals surface area (Å²) in [4.78, 5) is 2.33. The molecule has 15 heavy (non-hydrogen) atoms. The van der Waals surface area contributed by atoms with E-state index in [2.05, 4.69) is 37.9 Å². The third-order valence-corrected chi connectivity index (χ3v) is 2.58. The second kappa shape index (κ2) is 9.13. The van der Waals surface area contributed by atoms with Crippen molar-refractivity contribution >= 4 is 0 Å². The summed E-state index contributed by atoms with van der Waals surface area (Å²) in [6.45, 7) is 13.1. The highest BCUT2D eigenvalue weighted by molar-refractivity contribution is 4.67. The SMILES string of the molecule is CCCNCC(C)CN(CCO)C(C)C. The molecule has 92 valence electrons. The maximum Gasteiger partial charge on any atom is 0.0558 e. The van der Waals surface area contributed by atoms with Gasteiger partial charge in [0, 0.05) is 19.1 Å². The van der Waals surface area contributed by atoms with Crippen LogP contribution in [-0.2, 0) is 0 Å². The van der Waals surface area contributed by atoms with Gasteiger partial charge in [-0.05, 0) is 39.3 Å². The second-order valence-corrected chi connectivity index (χ2v) is 4.62. The molecule has 0 aromatic carbocycles. The Morgan fingerprint density at radius 2 is 1.93 bits per heavy atom. The number of nitrogens with one attached hydrogen (secondary N) is 1. The molecular weight excluding hydrogens is 188 g/mol. The molecule has 3 nitrogen and oxygen atoms in total. The van der Waals surface area contributed by atoms with Crippen LogP contribution in [0.2, 0.25) is 0 Å². The van der Waals surface area contributed by atoms with Crippen molar-refractivity contribution in [3.63, 3.8) is 0 Å². The first kappa shape index (κ1) is 14.9. The minimum atomic E-state index is 0.257. The average molecular weight is 216 g/mol. The van der Waals surface area contributed by atoms with Crippen LogP contribution in [0.4, 0.5) is 0 Å². The van der Waals surface area contributed by atoms with Crippen LogP contribution in [0, 0.1) is 5.92 Å². The minimum absolute atomic E-state index is 0.257. The van der Waals surface area contributed by atoms with Crippen molar-refractivity contribution in [2.24, 2.45) is 5.92 Å². The summed E-state index contributed by atoms with van der Waals surface area (Å²) in [7, 11) is 0. The van der Waals surface area contributed by atoms with Gasteiger partial charge in [-0.25, -0.2) is 0 Å². The third-order valence-electron chi connectivity index (χ3n) is 2.58. The predicted molar refractivity (Wildman–Crippen MR) is 66.1 cm³/mol. The first-order valence-electron chi connectivity index (χ1n) is 6.17. The number of hydrogen-bond acceptors (Lipinski definition) is 3. The number of nitrogens with zero attached hydrogens (tertiary/aromatic N) is 1. The summed E-state index contributed by atoms with van der Waals surface area (Å²) in [5.41, 5.74) is 0. The summed E-state index contributed by atoms with van der Waals surface area (Å²) >= 11 is 0. The van der Waals surface area contributed by atoms with Crippen molar-refractivity contribution in [3.05, 3.63) is 0 Å². The van der Waals surface area contributed by atoms with Crippen molar-refractivity contribution in [3.8, 4) is 0 Å². The predicted octanol–water partition coefficient (Wildman–Crippen LogP) is 1.32. The number of rotatable bonds is 9. The highest BCUT2D eigenvalue weighted by Gasteiger charge is 2.12. The molecule has 2 N–H and O–H groups in total. The molecule has 0 rings (SSSR count). The molecule has 0 aliphatic carbocycles. The van der Waals surface area contributed by atoms with Crippen LogP contribution in [0.3, 0.4) is 0 Å². The molecule has 0 saturated heterocycles. The van der Waals surface area contributed by atoms with Crippen LogP contribution in [0.5, 0.6) is 0 Å². The smallest absolute Gasteiger partial charge is 0.0558 e. The van der Waals surface area contributed by atoms with E-state index in [1.807, 2.05) is 0 Å². The van der Waals surface area contributed by atoms with Gasteiger partial charge in [0.1, 0.15) is 0 Å². The molecule has 0 aromatic heterocycles. The van der Waals surface area contributed by atoms with Gasteiger partial charge in [0.25, 0.3) is 0 Å². The van der Waals surface area contributed by atoms with Crippen molar-refractivity contribution in [1.29, 1.82) is 0 Å². The van der Waals surface area contributed by atoms with Crippen LogP contribution >= 0.6 is 0 Å². The first-order chi connectivity index (χ1) is 7.11. The van der Waals surface area contributed by atoms with Gasteiger partial charge >= 0.3 is 0 Å². The zero-order valence-corrected chi connectivity index (χ0v) is 10.8. The van der Waals surface area contributed by atoms with Gasteiger partial charge < -0.3 is 10.4 Å². The summed E-state index contributed by atoms with van der Waals surface area (Å²) < 4.78 is 0. The van der Waals surface area contributed by atoms with E-state index < -0.39 is 0 Å². The van der Waals surface area contributed by atoms with E-state index in [-0.39, 0.29) is 6.61 Å². The number of hydrogen-bond donors (Lipinski definition) is 2. The van der Waals surface area contributed by atoms with Crippen LogP contribution < -0.4 is 5.32 Å². The van der Waals surface area contributed by atoms with E-state index in [9.17, 15) is 0 Å². The monoisotopic (exact) mass is 216 g/mol. The van der Waals surface area contributed by atoms with Crippen molar-refractivity contribution in [2.75, 3.05) is 32.8 Å². The lowest BCUT2D eigenvalue weighted by molar-refractivity contribution is 0.147. The molecule has 0 saturated carbocycles. The van der Waals surface area contributed by atoms with Crippen LogP contribution in [0.25, 0.3) is 0 Å². The second-order valence-electron chi connectivity index (χ2n) is 4.62. The maximum absolute atomic E-state index is 8.96. The van der Waals surface area contributed by atoms with Gasteiger partial charge in [0.15, 0.2) is 0 Å². The maximum atomic E-state index is 8.96. The van der Waals surface area contributed by atoms with E-state index >= 15 is 0 Å². The molecule has 1 unspecified atom stereocenters. The zero-order valence-electron chi connectivity index (χ0n) is 10.8. The Morgan fingerprint density at radius 3 is 2.40 bits per heavy atom. The fourth-order valence-corrected chi connectivity index (χ4v) is 1.68. The molecule has 0 aliphatic rings. The normalized spacial score (nSPS) is 13.8. The van der Waals surface area contributed by atoms with Crippen LogP contribution in [0.1, 0.15) is 34.1 Å².